The summed E-state index contributed by atoms with van der Waals surface area (Å²) in [5, 5.41) is 17.2. The van der Waals surface area contributed by atoms with Gasteiger partial charge in [0.1, 0.15) is 5.69 Å². The van der Waals surface area contributed by atoms with Crippen LogP contribution in [-0.4, -0.2) is 28.4 Å². The molecule has 0 bridgehead atoms. The van der Waals surface area contributed by atoms with Crippen LogP contribution in [0.2, 0.25) is 0 Å². The topological polar surface area (TPSA) is 70.4 Å². The molecular formula is C6H6BNO3. The largest absolute Gasteiger partial charge is 0.508 e. The molecule has 0 aliphatic carbocycles. The summed E-state index contributed by atoms with van der Waals surface area (Å²) in [6.45, 7) is 0. The molecule has 4 nitrogen and oxygen atoms in total. The first-order chi connectivity index (χ1) is 5.24. The zero-order valence-electron chi connectivity index (χ0n) is 5.64. The van der Waals surface area contributed by atoms with Crippen molar-refractivity contribution in [2.75, 3.05) is 0 Å². The second-order valence-electron chi connectivity index (χ2n) is 1.98. The van der Waals surface area contributed by atoms with Crippen LogP contribution < -0.4 is 5.59 Å². The number of nitrogens with zero attached hydrogens (tertiary/aromatic N) is 1. The van der Waals surface area contributed by atoms with E-state index in [0.29, 0.717) is 6.29 Å². The number of carbonyl (C=O) groups is 1. The monoisotopic (exact) mass is 151 g/mol. The molecule has 0 aromatic carbocycles. The summed E-state index contributed by atoms with van der Waals surface area (Å²) in [6, 6.07) is 4.45. The minimum absolute atomic E-state index is 0.0783. The summed E-state index contributed by atoms with van der Waals surface area (Å²) < 4.78 is 0. The molecule has 1 heterocycles. The van der Waals surface area contributed by atoms with Gasteiger partial charge >= 0.3 is 7.12 Å². The van der Waals surface area contributed by atoms with E-state index in [9.17, 15) is 4.79 Å². The maximum absolute atomic E-state index is 10.2. The van der Waals surface area contributed by atoms with E-state index in [1.807, 2.05) is 0 Å². The van der Waals surface area contributed by atoms with Crippen molar-refractivity contribution in [3.8, 4) is 0 Å². The third-order valence-corrected chi connectivity index (χ3v) is 1.18. The minimum Gasteiger partial charge on any atom is -0.422 e. The molecule has 0 saturated heterocycles. The molecule has 0 unspecified atom stereocenters. The van der Waals surface area contributed by atoms with Crippen molar-refractivity contribution in [3.63, 3.8) is 0 Å². The summed E-state index contributed by atoms with van der Waals surface area (Å²) in [4.78, 5) is 13.8. The van der Waals surface area contributed by atoms with Crippen molar-refractivity contribution in [1.29, 1.82) is 0 Å². The predicted octanol–water partition coefficient (Wildman–Crippen LogP) is -1.43. The van der Waals surface area contributed by atoms with E-state index in [1.165, 1.54) is 18.2 Å². The first kappa shape index (κ1) is 7.91. The number of rotatable bonds is 2. The van der Waals surface area contributed by atoms with Gasteiger partial charge in [0.25, 0.3) is 0 Å². The van der Waals surface area contributed by atoms with Crippen molar-refractivity contribution < 1.29 is 14.8 Å². The van der Waals surface area contributed by atoms with Crippen molar-refractivity contribution in [3.05, 3.63) is 23.9 Å². The summed E-state index contributed by atoms with van der Waals surface area (Å²) in [5.41, 5.74) is 0.269. The summed E-state index contributed by atoms with van der Waals surface area (Å²) >= 11 is 0. The smallest absolute Gasteiger partial charge is 0.422 e. The molecule has 0 saturated carbocycles. The number of hydrogen-bond acceptors (Lipinski definition) is 4. The Bertz CT molecular complexity index is 264. The van der Waals surface area contributed by atoms with Crippen LogP contribution in [0.3, 0.4) is 0 Å². The van der Waals surface area contributed by atoms with Crippen LogP contribution in [0.1, 0.15) is 10.5 Å². The fraction of sp³-hybridized carbons (Fsp3) is 0. The average molecular weight is 151 g/mol. The van der Waals surface area contributed by atoms with Crippen LogP contribution in [0.4, 0.5) is 0 Å². The molecule has 0 atom stereocenters. The van der Waals surface area contributed by atoms with Crippen molar-refractivity contribution in [2.24, 2.45) is 0 Å². The molecule has 1 aromatic heterocycles. The molecule has 0 aliphatic rings. The maximum atomic E-state index is 10.2. The highest BCUT2D eigenvalue weighted by atomic mass is 16.4. The Balaban J connectivity index is 3.00. The van der Waals surface area contributed by atoms with Crippen LogP contribution in [0, 0.1) is 0 Å². The minimum atomic E-state index is -1.62. The lowest BCUT2D eigenvalue weighted by Gasteiger charge is -1.96. The Morgan fingerprint density at radius 3 is 2.73 bits per heavy atom. The first-order valence-electron chi connectivity index (χ1n) is 3.02. The molecule has 0 aliphatic heterocycles. The highest BCUT2D eigenvalue weighted by molar-refractivity contribution is 6.57. The molecule has 0 fully saturated rings. The summed E-state index contributed by atoms with van der Waals surface area (Å²) in [6.07, 6.45) is 0.547. The van der Waals surface area contributed by atoms with E-state index in [1.54, 1.807) is 0 Å². The highest BCUT2D eigenvalue weighted by Crippen LogP contribution is 1.86. The Kier molecular flexibility index (Phi) is 2.35. The predicted molar refractivity (Wildman–Crippen MR) is 39.5 cm³/mol. The Labute approximate surface area is 63.7 Å². The van der Waals surface area contributed by atoms with Crippen LogP contribution in [-0.2, 0) is 0 Å². The molecule has 0 radical (unpaired) electrons. The number of hydrogen-bond donors (Lipinski definition) is 2. The Hall–Kier alpha value is -1.20. The van der Waals surface area contributed by atoms with Crippen LogP contribution in [0.15, 0.2) is 18.2 Å². The van der Waals surface area contributed by atoms with Gasteiger partial charge in [0, 0.05) is 0 Å². The zero-order valence-corrected chi connectivity index (χ0v) is 5.64. The molecule has 0 spiro atoms. The quantitative estimate of drug-likeness (QED) is 0.401. The zero-order chi connectivity index (χ0) is 8.27. The van der Waals surface area contributed by atoms with E-state index < -0.39 is 7.12 Å². The van der Waals surface area contributed by atoms with Crippen LogP contribution >= 0.6 is 0 Å². The van der Waals surface area contributed by atoms with E-state index in [-0.39, 0.29) is 11.3 Å². The lowest BCUT2D eigenvalue weighted by Crippen LogP contribution is -2.33. The van der Waals surface area contributed by atoms with Gasteiger partial charge in [0.2, 0.25) is 0 Å². The van der Waals surface area contributed by atoms with E-state index in [2.05, 4.69) is 4.98 Å². The summed E-state index contributed by atoms with van der Waals surface area (Å²) in [7, 11) is -1.62. The lowest BCUT2D eigenvalue weighted by atomic mass is 9.86. The van der Waals surface area contributed by atoms with E-state index >= 15 is 0 Å². The van der Waals surface area contributed by atoms with E-state index in [0.717, 1.165) is 0 Å². The third-order valence-electron chi connectivity index (χ3n) is 1.18. The number of aromatic nitrogens is 1. The van der Waals surface area contributed by atoms with Gasteiger partial charge in [-0.1, -0.05) is 6.07 Å². The maximum Gasteiger partial charge on any atom is 0.508 e. The van der Waals surface area contributed by atoms with Crippen LogP contribution in [0.5, 0.6) is 0 Å². The number of pyridine rings is 1. The highest BCUT2D eigenvalue weighted by Gasteiger charge is 2.11. The second-order valence-corrected chi connectivity index (χ2v) is 1.98. The van der Waals surface area contributed by atoms with Gasteiger partial charge in [-0.05, 0) is 12.1 Å². The number of carbonyl (C=O) groups excluding carboxylic acids is 1. The van der Waals surface area contributed by atoms with Crippen LogP contribution in [0.25, 0.3) is 0 Å². The van der Waals surface area contributed by atoms with Gasteiger partial charge in [-0.3, -0.25) is 9.78 Å². The molecule has 0 amide bonds. The number of aldehydes is 1. The second kappa shape index (κ2) is 3.27. The van der Waals surface area contributed by atoms with Gasteiger partial charge in [-0.2, -0.15) is 0 Å². The van der Waals surface area contributed by atoms with Crippen molar-refractivity contribution >= 4 is 19.0 Å². The van der Waals surface area contributed by atoms with Crippen molar-refractivity contribution in [1.82, 2.24) is 4.98 Å². The molecule has 2 N–H and O–H groups in total. The molecule has 56 valence electrons. The van der Waals surface area contributed by atoms with Gasteiger partial charge in [0.15, 0.2) is 6.29 Å². The Morgan fingerprint density at radius 1 is 1.45 bits per heavy atom. The average Bonchev–Trinajstić information content (AvgIpc) is 2.05. The summed E-state index contributed by atoms with van der Waals surface area (Å²) in [5.74, 6) is 0. The molecule has 1 aromatic rings. The van der Waals surface area contributed by atoms with Gasteiger partial charge < -0.3 is 10.0 Å². The molecule has 1 rings (SSSR count). The molecule has 5 heteroatoms. The van der Waals surface area contributed by atoms with E-state index in [4.69, 9.17) is 10.0 Å². The lowest BCUT2D eigenvalue weighted by molar-refractivity contribution is 0.111. The van der Waals surface area contributed by atoms with Crippen molar-refractivity contribution in [2.45, 2.75) is 0 Å². The van der Waals surface area contributed by atoms with Gasteiger partial charge in [0.05, 0.1) is 5.59 Å². The molecule has 11 heavy (non-hydrogen) atoms. The SMILES string of the molecule is O=Cc1cccc(B(O)O)n1. The van der Waals surface area contributed by atoms with Gasteiger partial charge in [-0.25, -0.2) is 0 Å². The fourth-order valence-electron chi connectivity index (χ4n) is 0.678. The normalized spacial score (nSPS) is 9.27. The Morgan fingerprint density at radius 2 is 2.18 bits per heavy atom. The third kappa shape index (κ3) is 1.86. The van der Waals surface area contributed by atoms with Gasteiger partial charge in [-0.15, -0.1) is 0 Å². The molecular weight excluding hydrogens is 145 g/mol. The fourth-order valence-corrected chi connectivity index (χ4v) is 0.678. The standard InChI is InChI=1S/C6H6BNO3/c9-4-5-2-1-3-6(8-5)7(10)11/h1-4,10-11H. The first-order valence-corrected chi connectivity index (χ1v) is 3.02.